The molecule has 130 valence electrons. The number of carbonyl (C=O) groups excluding carboxylic acids is 2. The topological polar surface area (TPSA) is 58.2 Å². The monoisotopic (exact) mass is 356 g/mol. The van der Waals surface area contributed by atoms with Gasteiger partial charge in [-0.25, -0.2) is 0 Å². The summed E-state index contributed by atoms with van der Waals surface area (Å²) in [5, 5.41) is 6.06. The number of amides is 2. The fourth-order valence-corrected chi connectivity index (χ4v) is 3.49. The van der Waals surface area contributed by atoms with Gasteiger partial charge in [0.1, 0.15) is 0 Å². The summed E-state index contributed by atoms with van der Waals surface area (Å²) in [6, 6.07) is 15.2. The standard InChI is InChI=1S/C20H21ClN2O2/c21-18-8-4-3-7-17(18)20(25)23-12-11-22-19(24)13-15-10-9-14-5-1-2-6-16(14)15/h1-8,15H,9-13H2,(H,22,24)(H,23,25). The summed E-state index contributed by atoms with van der Waals surface area (Å²) in [4.78, 5) is 24.2. The lowest BCUT2D eigenvalue weighted by Gasteiger charge is -2.12. The van der Waals surface area contributed by atoms with Crippen LogP contribution >= 0.6 is 11.6 Å². The number of nitrogens with one attached hydrogen (secondary N) is 2. The molecule has 0 aromatic heterocycles. The number of rotatable bonds is 6. The van der Waals surface area contributed by atoms with Crippen LogP contribution in [0.1, 0.15) is 40.2 Å². The van der Waals surface area contributed by atoms with Gasteiger partial charge in [0.25, 0.3) is 5.91 Å². The lowest BCUT2D eigenvalue weighted by Crippen LogP contribution is -2.35. The molecule has 0 fully saturated rings. The Morgan fingerprint density at radius 1 is 1.00 bits per heavy atom. The third-order valence-corrected chi connectivity index (χ3v) is 4.87. The first-order valence-corrected chi connectivity index (χ1v) is 8.90. The Morgan fingerprint density at radius 3 is 2.56 bits per heavy atom. The van der Waals surface area contributed by atoms with Crippen molar-refractivity contribution in [2.24, 2.45) is 0 Å². The summed E-state index contributed by atoms with van der Waals surface area (Å²) < 4.78 is 0. The SMILES string of the molecule is O=C(CC1CCc2ccccc21)NCCNC(=O)c1ccccc1Cl. The van der Waals surface area contributed by atoms with Crippen molar-refractivity contribution in [3.63, 3.8) is 0 Å². The van der Waals surface area contributed by atoms with E-state index < -0.39 is 0 Å². The smallest absolute Gasteiger partial charge is 0.252 e. The molecule has 3 rings (SSSR count). The molecule has 0 aliphatic heterocycles. The number of carbonyl (C=O) groups is 2. The van der Waals surface area contributed by atoms with Gasteiger partial charge in [-0.3, -0.25) is 9.59 Å². The maximum Gasteiger partial charge on any atom is 0.252 e. The molecule has 0 saturated carbocycles. The van der Waals surface area contributed by atoms with E-state index in [4.69, 9.17) is 11.6 Å². The maximum atomic E-state index is 12.1. The predicted molar refractivity (Wildman–Crippen MR) is 98.9 cm³/mol. The van der Waals surface area contributed by atoms with Crippen LogP contribution in [0.2, 0.25) is 5.02 Å². The lowest BCUT2D eigenvalue weighted by atomic mass is 9.97. The second-order valence-electron chi connectivity index (χ2n) is 6.22. The van der Waals surface area contributed by atoms with E-state index in [1.54, 1.807) is 24.3 Å². The molecular formula is C20H21ClN2O2. The van der Waals surface area contributed by atoms with Crippen LogP contribution in [-0.4, -0.2) is 24.9 Å². The number of hydrogen-bond donors (Lipinski definition) is 2. The van der Waals surface area contributed by atoms with Gasteiger partial charge in [-0.15, -0.1) is 0 Å². The Balaban J connectivity index is 1.40. The molecule has 2 aromatic carbocycles. The van der Waals surface area contributed by atoms with Gasteiger partial charge in [0.15, 0.2) is 0 Å². The lowest BCUT2D eigenvalue weighted by molar-refractivity contribution is -0.121. The first-order chi connectivity index (χ1) is 12.1. The molecule has 2 aromatic rings. The van der Waals surface area contributed by atoms with Crippen molar-refractivity contribution in [1.82, 2.24) is 10.6 Å². The van der Waals surface area contributed by atoms with Crippen LogP contribution in [0.4, 0.5) is 0 Å². The average Bonchev–Trinajstić information content (AvgIpc) is 3.02. The number of benzene rings is 2. The number of halogens is 1. The van der Waals surface area contributed by atoms with E-state index in [9.17, 15) is 9.59 Å². The summed E-state index contributed by atoms with van der Waals surface area (Å²) in [5.74, 6) is 0.0900. The van der Waals surface area contributed by atoms with Crippen molar-refractivity contribution in [3.8, 4) is 0 Å². The first kappa shape index (κ1) is 17.5. The van der Waals surface area contributed by atoms with Crippen LogP contribution in [0, 0.1) is 0 Å². The Bertz CT molecular complexity index is 776. The third kappa shape index (κ3) is 4.40. The number of hydrogen-bond acceptors (Lipinski definition) is 2. The van der Waals surface area contributed by atoms with Crippen molar-refractivity contribution >= 4 is 23.4 Å². The molecule has 0 saturated heterocycles. The van der Waals surface area contributed by atoms with Gasteiger partial charge in [-0.05, 0) is 42.0 Å². The van der Waals surface area contributed by atoms with Crippen molar-refractivity contribution < 1.29 is 9.59 Å². The molecule has 1 atom stereocenters. The van der Waals surface area contributed by atoms with Crippen LogP contribution in [0.5, 0.6) is 0 Å². The highest BCUT2D eigenvalue weighted by Crippen LogP contribution is 2.34. The predicted octanol–water partition coefficient (Wildman–Crippen LogP) is 3.31. The average molecular weight is 357 g/mol. The van der Waals surface area contributed by atoms with Crippen molar-refractivity contribution in [1.29, 1.82) is 0 Å². The van der Waals surface area contributed by atoms with Crippen LogP contribution in [0.25, 0.3) is 0 Å². The maximum absolute atomic E-state index is 12.1. The van der Waals surface area contributed by atoms with E-state index in [0.29, 0.717) is 36.0 Å². The van der Waals surface area contributed by atoms with E-state index in [2.05, 4.69) is 22.8 Å². The second kappa shape index (κ2) is 8.17. The summed E-state index contributed by atoms with van der Waals surface area (Å²) in [6.45, 7) is 0.778. The Hall–Kier alpha value is -2.33. The van der Waals surface area contributed by atoms with Crippen LogP contribution < -0.4 is 10.6 Å². The van der Waals surface area contributed by atoms with E-state index in [-0.39, 0.29) is 11.8 Å². The minimum Gasteiger partial charge on any atom is -0.354 e. The molecule has 0 bridgehead atoms. The molecule has 1 aliphatic carbocycles. The molecule has 2 N–H and O–H groups in total. The summed E-state index contributed by atoms with van der Waals surface area (Å²) in [7, 11) is 0. The Kier molecular flexibility index (Phi) is 5.71. The highest BCUT2D eigenvalue weighted by Gasteiger charge is 2.23. The summed E-state index contributed by atoms with van der Waals surface area (Å²) in [5.41, 5.74) is 3.09. The molecule has 25 heavy (non-hydrogen) atoms. The van der Waals surface area contributed by atoms with Crippen LogP contribution in [0.15, 0.2) is 48.5 Å². The summed E-state index contributed by atoms with van der Waals surface area (Å²) in [6.07, 6.45) is 2.56. The van der Waals surface area contributed by atoms with E-state index in [1.807, 2.05) is 12.1 Å². The largest absolute Gasteiger partial charge is 0.354 e. The molecule has 0 heterocycles. The van der Waals surface area contributed by atoms with Gasteiger partial charge >= 0.3 is 0 Å². The van der Waals surface area contributed by atoms with E-state index in [1.165, 1.54) is 11.1 Å². The van der Waals surface area contributed by atoms with Gasteiger partial charge in [0.05, 0.1) is 10.6 Å². The zero-order valence-corrected chi connectivity index (χ0v) is 14.7. The van der Waals surface area contributed by atoms with Crippen molar-refractivity contribution in [2.75, 3.05) is 13.1 Å². The zero-order chi connectivity index (χ0) is 17.6. The first-order valence-electron chi connectivity index (χ1n) is 8.52. The molecular weight excluding hydrogens is 336 g/mol. The minimum absolute atomic E-state index is 0.0219. The highest BCUT2D eigenvalue weighted by molar-refractivity contribution is 6.33. The molecule has 4 nitrogen and oxygen atoms in total. The summed E-state index contributed by atoms with van der Waals surface area (Å²) >= 11 is 5.99. The normalized spacial score (nSPS) is 15.5. The zero-order valence-electron chi connectivity index (χ0n) is 13.9. The fourth-order valence-electron chi connectivity index (χ4n) is 3.27. The molecule has 1 aliphatic rings. The van der Waals surface area contributed by atoms with Crippen LogP contribution in [0.3, 0.4) is 0 Å². The van der Waals surface area contributed by atoms with Gasteiger partial charge in [-0.1, -0.05) is 48.0 Å². The van der Waals surface area contributed by atoms with E-state index in [0.717, 1.165) is 12.8 Å². The molecule has 2 amide bonds. The number of fused-ring (bicyclic) bond motifs is 1. The van der Waals surface area contributed by atoms with Crippen molar-refractivity contribution in [3.05, 3.63) is 70.2 Å². The quantitative estimate of drug-likeness (QED) is 0.780. The second-order valence-corrected chi connectivity index (χ2v) is 6.63. The fraction of sp³-hybridized carbons (Fsp3) is 0.300. The van der Waals surface area contributed by atoms with Crippen LogP contribution in [-0.2, 0) is 11.2 Å². The molecule has 5 heteroatoms. The van der Waals surface area contributed by atoms with Crippen molar-refractivity contribution in [2.45, 2.75) is 25.2 Å². The molecule has 0 radical (unpaired) electrons. The van der Waals surface area contributed by atoms with Gasteiger partial charge < -0.3 is 10.6 Å². The molecule has 0 spiro atoms. The van der Waals surface area contributed by atoms with E-state index >= 15 is 0 Å². The van der Waals surface area contributed by atoms with Gasteiger partial charge in [0.2, 0.25) is 5.91 Å². The Labute approximate surface area is 152 Å². The molecule has 1 unspecified atom stereocenters. The minimum atomic E-state index is -0.232. The third-order valence-electron chi connectivity index (χ3n) is 4.54. The highest BCUT2D eigenvalue weighted by atomic mass is 35.5. The Morgan fingerprint density at radius 2 is 1.72 bits per heavy atom. The number of aryl methyl sites for hydroxylation is 1. The van der Waals surface area contributed by atoms with Gasteiger partial charge in [0, 0.05) is 19.5 Å². The van der Waals surface area contributed by atoms with Gasteiger partial charge in [-0.2, -0.15) is 0 Å².